The third-order valence-corrected chi connectivity index (χ3v) is 4.99. The monoisotopic (exact) mass is 368 g/mol. The van der Waals surface area contributed by atoms with E-state index in [-0.39, 0.29) is 17.2 Å². The van der Waals surface area contributed by atoms with E-state index in [1.54, 1.807) is 34.8 Å². The molecule has 3 aromatic rings. The van der Waals surface area contributed by atoms with Gasteiger partial charge in [0.1, 0.15) is 0 Å². The minimum Gasteiger partial charge on any atom is -0.341 e. The second-order valence-electron chi connectivity index (χ2n) is 5.84. The Morgan fingerprint density at radius 2 is 1.96 bits per heavy atom. The predicted octanol–water partition coefficient (Wildman–Crippen LogP) is 2.56. The minimum absolute atomic E-state index is 0.0168. The summed E-state index contributed by atoms with van der Waals surface area (Å²) in [6.07, 6.45) is 1.61. The number of aromatic nitrogens is 3. The Kier molecular flexibility index (Phi) is 5.68. The molecule has 0 saturated heterocycles. The summed E-state index contributed by atoms with van der Waals surface area (Å²) in [6.45, 7) is 2.93. The maximum absolute atomic E-state index is 12.6. The van der Waals surface area contributed by atoms with Crippen LogP contribution >= 0.6 is 11.8 Å². The van der Waals surface area contributed by atoms with Gasteiger partial charge < -0.3 is 4.90 Å². The van der Waals surface area contributed by atoms with Gasteiger partial charge >= 0.3 is 0 Å². The van der Waals surface area contributed by atoms with E-state index in [2.05, 4.69) is 9.97 Å². The normalized spacial score (nSPS) is 10.8. The maximum atomic E-state index is 12.6. The van der Waals surface area contributed by atoms with Crippen LogP contribution in [0.15, 0.2) is 58.6 Å². The number of amides is 1. The van der Waals surface area contributed by atoms with Gasteiger partial charge in [-0.25, -0.2) is 9.97 Å². The van der Waals surface area contributed by atoms with Crippen molar-refractivity contribution in [1.29, 1.82) is 0 Å². The Morgan fingerprint density at radius 1 is 1.19 bits per heavy atom. The number of carbonyl (C=O) groups is 1. The second-order valence-corrected chi connectivity index (χ2v) is 6.78. The van der Waals surface area contributed by atoms with Crippen molar-refractivity contribution in [2.45, 2.75) is 25.2 Å². The fourth-order valence-electron chi connectivity index (χ4n) is 2.61. The molecule has 0 aliphatic rings. The van der Waals surface area contributed by atoms with Gasteiger partial charge in [-0.3, -0.25) is 14.2 Å². The standard InChI is InChI=1S/C19H20N4O2S/c1-3-23-18(25)15-10-7-11-20-17(15)21-19(23)26-13-16(24)22(2)12-14-8-5-4-6-9-14/h4-11H,3,12-13H2,1-2H3. The summed E-state index contributed by atoms with van der Waals surface area (Å²) in [6, 6.07) is 13.3. The van der Waals surface area contributed by atoms with Crippen molar-refractivity contribution in [1.82, 2.24) is 19.4 Å². The lowest BCUT2D eigenvalue weighted by molar-refractivity contribution is -0.127. The van der Waals surface area contributed by atoms with E-state index in [9.17, 15) is 9.59 Å². The van der Waals surface area contributed by atoms with Crippen LogP contribution in [-0.2, 0) is 17.9 Å². The topological polar surface area (TPSA) is 68.1 Å². The molecule has 0 N–H and O–H groups in total. The molecule has 3 rings (SSSR count). The number of carbonyl (C=O) groups excluding carboxylic acids is 1. The highest BCUT2D eigenvalue weighted by Crippen LogP contribution is 2.17. The van der Waals surface area contributed by atoms with Crippen molar-refractivity contribution >= 4 is 28.7 Å². The molecule has 0 atom stereocenters. The van der Waals surface area contributed by atoms with Crippen molar-refractivity contribution in [3.8, 4) is 0 Å². The highest BCUT2D eigenvalue weighted by atomic mass is 32.2. The highest BCUT2D eigenvalue weighted by molar-refractivity contribution is 7.99. The van der Waals surface area contributed by atoms with E-state index in [1.807, 2.05) is 37.3 Å². The summed E-state index contributed by atoms with van der Waals surface area (Å²) >= 11 is 1.27. The first-order valence-corrected chi connectivity index (χ1v) is 9.35. The van der Waals surface area contributed by atoms with Crippen LogP contribution in [-0.4, -0.2) is 38.1 Å². The van der Waals surface area contributed by atoms with E-state index < -0.39 is 0 Å². The first kappa shape index (κ1) is 18.1. The smallest absolute Gasteiger partial charge is 0.263 e. The average Bonchev–Trinajstić information content (AvgIpc) is 2.67. The van der Waals surface area contributed by atoms with Crippen molar-refractivity contribution in [2.24, 2.45) is 0 Å². The van der Waals surface area contributed by atoms with Gasteiger partial charge in [0.15, 0.2) is 10.8 Å². The Bertz CT molecular complexity index is 972. The second kappa shape index (κ2) is 8.14. The van der Waals surface area contributed by atoms with Gasteiger partial charge in [0.05, 0.1) is 11.1 Å². The van der Waals surface area contributed by atoms with Crippen LogP contribution in [0, 0.1) is 0 Å². The molecule has 0 bridgehead atoms. The number of rotatable bonds is 6. The van der Waals surface area contributed by atoms with Crippen LogP contribution in [0.4, 0.5) is 0 Å². The zero-order valence-electron chi connectivity index (χ0n) is 14.8. The average molecular weight is 368 g/mol. The maximum Gasteiger partial charge on any atom is 0.263 e. The molecule has 134 valence electrons. The number of fused-ring (bicyclic) bond motifs is 1. The van der Waals surface area contributed by atoms with Crippen LogP contribution < -0.4 is 5.56 Å². The van der Waals surface area contributed by atoms with Crippen molar-refractivity contribution in [3.05, 3.63) is 64.6 Å². The van der Waals surface area contributed by atoms with Gasteiger partial charge in [-0.15, -0.1) is 0 Å². The molecule has 0 aliphatic heterocycles. The molecule has 0 aliphatic carbocycles. The van der Waals surface area contributed by atoms with E-state index in [0.717, 1.165) is 5.56 Å². The molecule has 7 heteroatoms. The number of hydrogen-bond acceptors (Lipinski definition) is 5. The molecule has 6 nitrogen and oxygen atoms in total. The van der Waals surface area contributed by atoms with Crippen LogP contribution in [0.3, 0.4) is 0 Å². The molecular formula is C19H20N4O2S. The van der Waals surface area contributed by atoms with E-state index in [1.165, 1.54) is 11.8 Å². The van der Waals surface area contributed by atoms with Crippen molar-refractivity contribution < 1.29 is 4.79 Å². The predicted molar refractivity (Wildman–Crippen MR) is 103 cm³/mol. The summed E-state index contributed by atoms with van der Waals surface area (Å²) in [5, 5.41) is 1.01. The zero-order chi connectivity index (χ0) is 18.5. The molecular weight excluding hydrogens is 348 g/mol. The lowest BCUT2D eigenvalue weighted by Gasteiger charge is -2.17. The lowest BCUT2D eigenvalue weighted by Crippen LogP contribution is -2.28. The van der Waals surface area contributed by atoms with Crippen LogP contribution in [0.2, 0.25) is 0 Å². The molecule has 2 aromatic heterocycles. The Labute approximate surface area is 155 Å². The molecule has 0 radical (unpaired) electrons. The summed E-state index contributed by atoms with van der Waals surface area (Å²) in [7, 11) is 1.78. The summed E-state index contributed by atoms with van der Waals surface area (Å²) < 4.78 is 1.58. The summed E-state index contributed by atoms with van der Waals surface area (Å²) in [5.74, 6) is 0.200. The van der Waals surface area contributed by atoms with Crippen LogP contribution in [0.25, 0.3) is 11.0 Å². The first-order valence-electron chi connectivity index (χ1n) is 8.36. The summed E-state index contributed by atoms with van der Waals surface area (Å²) in [4.78, 5) is 35.3. The van der Waals surface area contributed by atoms with Crippen molar-refractivity contribution in [3.63, 3.8) is 0 Å². The first-order chi connectivity index (χ1) is 12.6. The molecule has 1 aromatic carbocycles. The molecule has 0 spiro atoms. The lowest BCUT2D eigenvalue weighted by atomic mass is 10.2. The van der Waals surface area contributed by atoms with Crippen molar-refractivity contribution in [2.75, 3.05) is 12.8 Å². The van der Waals surface area contributed by atoms with Gasteiger partial charge in [0.25, 0.3) is 5.56 Å². The molecule has 0 fully saturated rings. The Balaban J connectivity index is 1.74. The number of pyridine rings is 1. The highest BCUT2D eigenvalue weighted by Gasteiger charge is 2.15. The van der Waals surface area contributed by atoms with Gasteiger partial charge in [-0.2, -0.15) is 0 Å². The van der Waals surface area contributed by atoms with Crippen LogP contribution in [0.1, 0.15) is 12.5 Å². The third-order valence-electron chi connectivity index (χ3n) is 4.02. The number of nitrogens with zero attached hydrogens (tertiary/aromatic N) is 4. The van der Waals surface area contributed by atoms with E-state index >= 15 is 0 Å². The number of hydrogen-bond donors (Lipinski definition) is 0. The Hall–Kier alpha value is -2.67. The quantitative estimate of drug-likeness (QED) is 0.494. The van der Waals surface area contributed by atoms with E-state index in [4.69, 9.17) is 0 Å². The fraction of sp³-hybridized carbons (Fsp3) is 0.263. The van der Waals surface area contributed by atoms with E-state index in [0.29, 0.717) is 29.3 Å². The van der Waals surface area contributed by atoms with Gasteiger partial charge in [-0.05, 0) is 24.6 Å². The van der Waals surface area contributed by atoms with Gasteiger partial charge in [-0.1, -0.05) is 42.1 Å². The molecule has 2 heterocycles. The van der Waals surface area contributed by atoms with Gasteiger partial charge in [0.2, 0.25) is 5.91 Å². The molecule has 1 amide bonds. The fourth-order valence-corrected chi connectivity index (χ4v) is 3.60. The van der Waals surface area contributed by atoms with Gasteiger partial charge in [0, 0.05) is 26.3 Å². The Morgan fingerprint density at radius 3 is 2.69 bits per heavy atom. The largest absolute Gasteiger partial charge is 0.341 e. The van der Waals surface area contributed by atoms with Crippen LogP contribution in [0.5, 0.6) is 0 Å². The number of benzene rings is 1. The molecule has 0 saturated carbocycles. The SMILES string of the molecule is CCn1c(SCC(=O)N(C)Cc2ccccc2)nc2ncccc2c1=O. The zero-order valence-corrected chi connectivity index (χ0v) is 15.6. The molecule has 0 unspecified atom stereocenters. The third kappa shape index (κ3) is 3.94. The minimum atomic E-state index is -0.127. The molecule has 26 heavy (non-hydrogen) atoms. The number of thioether (sulfide) groups is 1. The summed E-state index contributed by atoms with van der Waals surface area (Å²) in [5.41, 5.74) is 1.36.